The van der Waals surface area contributed by atoms with Crippen molar-refractivity contribution in [3.05, 3.63) is 20.7 Å². The molecule has 0 saturated heterocycles. The number of benzene rings is 1. The molecule has 80 valence electrons. The summed E-state index contributed by atoms with van der Waals surface area (Å²) in [5.41, 5.74) is 2.23. The monoisotopic (exact) mass is 333 g/mol. The Balaban J connectivity index is 2.50. The number of hydrogen-bond donors (Lipinski definition) is 0. The third kappa shape index (κ3) is 2.42. The minimum Gasteiger partial charge on any atom is -0.491 e. The molecule has 15 heavy (non-hydrogen) atoms. The number of thiazole rings is 1. The molecular weight excluding hydrogens is 321 g/mol. The van der Waals surface area contributed by atoms with E-state index in [0.29, 0.717) is 0 Å². The zero-order valence-electron chi connectivity index (χ0n) is 8.71. The van der Waals surface area contributed by atoms with Crippen molar-refractivity contribution in [1.29, 1.82) is 0 Å². The maximum absolute atomic E-state index is 5.70. The highest BCUT2D eigenvalue weighted by Crippen LogP contribution is 2.31. The van der Waals surface area contributed by atoms with Crippen molar-refractivity contribution in [3.8, 4) is 5.75 Å². The van der Waals surface area contributed by atoms with Gasteiger partial charge in [0.2, 0.25) is 0 Å². The summed E-state index contributed by atoms with van der Waals surface area (Å²) in [5.74, 6) is 0.922. The molecular formula is C11H12INOS. The molecule has 2 rings (SSSR count). The van der Waals surface area contributed by atoms with Gasteiger partial charge in [-0.2, -0.15) is 0 Å². The van der Waals surface area contributed by atoms with Crippen molar-refractivity contribution in [3.63, 3.8) is 0 Å². The van der Waals surface area contributed by atoms with E-state index in [0.717, 1.165) is 27.3 Å². The van der Waals surface area contributed by atoms with Gasteiger partial charge in [0.05, 0.1) is 11.3 Å². The quantitative estimate of drug-likeness (QED) is 0.792. The molecule has 0 unspecified atom stereocenters. The summed E-state index contributed by atoms with van der Waals surface area (Å²) < 4.78 is 7.98. The zero-order valence-corrected chi connectivity index (χ0v) is 11.7. The fourth-order valence-electron chi connectivity index (χ4n) is 1.42. The predicted octanol–water partition coefficient (Wildman–Crippen LogP) is 4.00. The second-order valence-electron chi connectivity index (χ2n) is 3.43. The van der Waals surface area contributed by atoms with Gasteiger partial charge < -0.3 is 4.74 Å². The minimum absolute atomic E-state index is 0.757. The van der Waals surface area contributed by atoms with Crippen LogP contribution in [0.2, 0.25) is 0 Å². The summed E-state index contributed by atoms with van der Waals surface area (Å²) in [6.45, 7) is 4.95. The van der Waals surface area contributed by atoms with Gasteiger partial charge in [0.1, 0.15) is 11.3 Å². The second kappa shape index (κ2) is 4.65. The van der Waals surface area contributed by atoms with E-state index in [1.54, 1.807) is 11.3 Å². The maximum Gasteiger partial charge on any atom is 0.155 e. The Morgan fingerprint density at radius 1 is 1.47 bits per heavy atom. The van der Waals surface area contributed by atoms with E-state index in [9.17, 15) is 0 Å². The first kappa shape index (κ1) is 11.1. The van der Waals surface area contributed by atoms with Gasteiger partial charge in [-0.1, -0.05) is 6.92 Å². The third-order valence-corrected chi connectivity index (χ3v) is 3.73. The van der Waals surface area contributed by atoms with Gasteiger partial charge in [-0.15, -0.1) is 11.3 Å². The van der Waals surface area contributed by atoms with Crippen LogP contribution in [-0.2, 0) is 0 Å². The minimum atomic E-state index is 0.757. The molecule has 1 aromatic heterocycles. The molecule has 0 saturated carbocycles. The Hall–Kier alpha value is -0.360. The second-order valence-corrected chi connectivity index (χ2v) is 6.21. The van der Waals surface area contributed by atoms with Crippen LogP contribution in [0.3, 0.4) is 0 Å². The van der Waals surface area contributed by atoms with E-state index in [4.69, 9.17) is 4.74 Å². The molecule has 0 aliphatic rings. The van der Waals surface area contributed by atoms with Crippen LogP contribution in [0.5, 0.6) is 5.75 Å². The van der Waals surface area contributed by atoms with Crippen molar-refractivity contribution in [1.82, 2.24) is 4.98 Å². The fraction of sp³-hybridized carbons (Fsp3) is 0.364. The van der Waals surface area contributed by atoms with Crippen LogP contribution < -0.4 is 4.74 Å². The van der Waals surface area contributed by atoms with Crippen LogP contribution in [0.25, 0.3) is 10.2 Å². The first-order valence-electron chi connectivity index (χ1n) is 4.90. The van der Waals surface area contributed by atoms with Crippen LogP contribution in [-0.4, -0.2) is 11.6 Å². The first-order valence-corrected chi connectivity index (χ1v) is 6.79. The molecule has 0 radical (unpaired) electrons. The molecule has 0 aliphatic heterocycles. The average molecular weight is 333 g/mol. The number of aryl methyl sites for hydroxylation is 1. The molecule has 0 aliphatic carbocycles. The van der Waals surface area contributed by atoms with Gasteiger partial charge in [-0.25, -0.2) is 4.98 Å². The van der Waals surface area contributed by atoms with Gasteiger partial charge in [-0.3, -0.25) is 0 Å². The molecule has 0 spiro atoms. The summed E-state index contributed by atoms with van der Waals surface area (Å²) in [5, 5.41) is 0. The van der Waals surface area contributed by atoms with Gasteiger partial charge in [0.15, 0.2) is 3.01 Å². The lowest BCUT2D eigenvalue weighted by Crippen LogP contribution is -1.96. The van der Waals surface area contributed by atoms with E-state index in [1.165, 1.54) is 10.3 Å². The zero-order chi connectivity index (χ0) is 10.8. The molecule has 1 heterocycles. The highest BCUT2D eigenvalue weighted by Gasteiger charge is 2.08. The van der Waals surface area contributed by atoms with Crippen LogP contribution in [0.15, 0.2) is 12.1 Å². The number of halogens is 1. The lowest BCUT2D eigenvalue weighted by Gasteiger charge is -2.05. The topological polar surface area (TPSA) is 22.1 Å². The molecule has 2 nitrogen and oxygen atoms in total. The number of rotatable bonds is 3. The molecule has 4 heteroatoms. The third-order valence-electron chi connectivity index (χ3n) is 2.04. The Morgan fingerprint density at radius 2 is 2.27 bits per heavy atom. The molecule has 0 fully saturated rings. The Labute approximate surface area is 107 Å². The average Bonchev–Trinajstić information content (AvgIpc) is 2.54. The number of nitrogens with zero attached hydrogens (tertiary/aromatic N) is 1. The summed E-state index contributed by atoms with van der Waals surface area (Å²) in [7, 11) is 0. The van der Waals surface area contributed by atoms with Crippen LogP contribution in [0, 0.1) is 9.94 Å². The summed E-state index contributed by atoms with van der Waals surface area (Å²) in [6.07, 6.45) is 1.02. The molecule has 0 bridgehead atoms. The highest BCUT2D eigenvalue weighted by atomic mass is 127. The highest BCUT2D eigenvalue weighted by molar-refractivity contribution is 14.1. The fourth-order valence-corrected chi connectivity index (χ4v) is 3.18. The van der Waals surface area contributed by atoms with Crippen molar-refractivity contribution < 1.29 is 4.74 Å². The van der Waals surface area contributed by atoms with E-state index < -0.39 is 0 Å². The number of aromatic nitrogens is 1. The Kier molecular flexibility index (Phi) is 3.45. The normalized spacial score (nSPS) is 10.9. The van der Waals surface area contributed by atoms with E-state index in [-0.39, 0.29) is 0 Å². The smallest absolute Gasteiger partial charge is 0.155 e. The first-order chi connectivity index (χ1) is 7.20. The predicted molar refractivity (Wildman–Crippen MR) is 72.9 cm³/mol. The number of ether oxygens (including phenoxy) is 1. The van der Waals surface area contributed by atoms with Crippen LogP contribution >= 0.6 is 33.9 Å². The van der Waals surface area contributed by atoms with E-state index >= 15 is 0 Å². The number of hydrogen-bond acceptors (Lipinski definition) is 3. The van der Waals surface area contributed by atoms with Gasteiger partial charge in [-0.05, 0) is 53.6 Å². The summed E-state index contributed by atoms with van der Waals surface area (Å²) >= 11 is 3.96. The molecule has 0 atom stereocenters. The standard InChI is InChI=1S/C11H12INOS/c1-3-4-14-8-5-7(2)6-9-10(8)13-11(12)15-9/h5-6H,3-4H2,1-2H3. The SMILES string of the molecule is CCCOc1cc(C)cc2sc(I)nc12. The lowest BCUT2D eigenvalue weighted by atomic mass is 10.2. The largest absolute Gasteiger partial charge is 0.491 e. The van der Waals surface area contributed by atoms with Crippen molar-refractivity contribution in [2.45, 2.75) is 20.3 Å². The van der Waals surface area contributed by atoms with Crippen LogP contribution in [0.4, 0.5) is 0 Å². The van der Waals surface area contributed by atoms with Crippen molar-refractivity contribution in [2.24, 2.45) is 0 Å². The molecule has 2 aromatic rings. The Morgan fingerprint density at radius 3 is 3.00 bits per heavy atom. The Bertz CT molecular complexity index is 481. The molecule has 0 amide bonds. The van der Waals surface area contributed by atoms with Gasteiger partial charge >= 0.3 is 0 Å². The van der Waals surface area contributed by atoms with Crippen molar-refractivity contribution in [2.75, 3.05) is 6.61 Å². The summed E-state index contributed by atoms with van der Waals surface area (Å²) in [6, 6.07) is 4.22. The van der Waals surface area contributed by atoms with E-state index in [1.807, 2.05) is 0 Å². The molecule has 0 N–H and O–H groups in total. The van der Waals surface area contributed by atoms with Gasteiger partial charge in [0, 0.05) is 0 Å². The maximum atomic E-state index is 5.70. The number of fused-ring (bicyclic) bond motifs is 1. The van der Waals surface area contributed by atoms with E-state index in [2.05, 4.69) is 53.6 Å². The summed E-state index contributed by atoms with van der Waals surface area (Å²) in [4.78, 5) is 4.49. The van der Waals surface area contributed by atoms with Crippen LogP contribution in [0.1, 0.15) is 18.9 Å². The van der Waals surface area contributed by atoms with Crippen molar-refractivity contribution >= 4 is 44.1 Å². The van der Waals surface area contributed by atoms with Gasteiger partial charge in [0.25, 0.3) is 0 Å². The molecule has 1 aromatic carbocycles. The lowest BCUT2D eigenvalue weighted by molar-refractivity contribution is 0.320.